The topological polar surface area (TPSA) is 29.4 Å². The number of hydrogen-bond acceptors (Lipinski definition) is 2. The smallest absolute Gasteiger partial charge is 0.235 e. The van der Waals surface area contributed by atoms with Crippen molar-refractivity contribution in [1.82, 2.24) is 0 Å². The quantitative estimate of drug-likeness (QED) is 0.567. The van der Waals surface area contributed by atoms with Crippen LogP contribution >= 0.6 is 0 Å². The average molecular weight is 219 g/mol. The zero-order chi connectivity index (χ0) is 11.8. The van der Waals surface area contributed by atoms with E-state index in [-0.39, 0.29) is 0 Å². The van der Waals surface area contributed by atoms with Crippen LogP contribution < -0.4 is 0 Å². The van der Waals surface area contributed by atoms with Gasteiger partial charge in [-0.3, -0.25) is 0 Å². The number of halogens is 1. The van der Waals surface area contributed by atoms with Crippen LogP contribution in [0.4, 0.5) is 4.39 Å². The minimum absolute atomic E-state index is 0.498. The molecule has 84 valence electrons. The van der Waals surface area contributed by atoms with Crippen LogP contribution in [0.5, 0.6) is 0 Å². The van der Waals surface area contributed by atoms with E-state index < -0.39 is 11.2 Å². The molecule has 0 aromatic heterocycles. The minimum atomic E-state index is -1.41. The van der Waals surface area contributed by atoms with E-state index in [1.807, 2.05) is 12.1 Å². The van der Waals surface area contributed by atoms with E-state index in [2.05, 4.69) is 4.99 Å². The summed E-state index contributed by atoms with van der Waals surface area (Å²) in [6.07, 6.45) is 3.20. The first-order valence-electron chi connectivity index (χ1n) is 5.37. The zero-order valence-corrected chi connectivity index (χ0v) is 9.46. The van der Waals surface area contributed by atoms with Crippen LogP contribution in [-0.4, -0.2) is 6.08 Å². The van der Waals surface area contributed by atoms with Crippen molar-refractivity contribution in [3.05, 3.63) is 35.4 Å². The molecule has 1 fully saturated rings. The van der Waals surface area contributed by atoms with E-state index in [0.29, 0.717) is 5.56 Å². The van der Waals surface area contributed by atoms with Crippen LogP contribution in [0.25, 0.3) is 0 Å². The first kappa shape index (κ1) is 11.0. The van der Waals surface area contributed by atoms with Crippen molar-refractivity contribution < 1.29 is 9.18 Å². The summed E-state index contributed by atoms with van der Waals surface area (Å²) in [5.41, 5.74) is -0.468. The molecule has 0 unspecified atom stereocenters. The van der Waals surface area contributed by atoms with Gasteiger partial charge in [-0.05, 0) is 37.8 Å². The second-order valence-corrected chi connectivity index (χ2v) is 4.75. The Morgan fingerprint density at radius 2 is 2.00 bits per heavy atom. The van der Waals surface area contributed by atoms with Crippen LogP contribution in [-0.2, 0) is 16.0 Å². The molecule has 0 radical (unpaired) electrons. The van der Waals surface area contributed by atoms with E-state index in [0.717, 1.165) is 18.4 Å². The first-order chi connectivity index (χ1) is 7.49. The van der Waals surface area contributed by atoms with Crippen molar-refractivity contribution in [2.24, 2.45) is 4.99 Å². The highest BCUT2D eigenvalue weighted by atomic mass is 19.1. The Hall–Kier alpha value is -1.47. The highest BCUT2D eigenvalue weighted by Crippen LogP contribution is 2.52. The number of nitrogens with zero attached hydrogens (tertiary/aromatic N) is 1. The lowest BCUT2D eigenvalue weighted by molar-refractivity contribution is 0.218. The molecule has 0 bridgehead atoms. The minimum Gasteiger partial charge on any atom is -0.239 e. The summed E-state index contributed by atoms with van der Waals surface area (Å²) in [6, 6.07) is 7.27. The number of carbonyl (C=O) groups excluding carboxylic acids is 1. The fraction of sp³-hybridized carbons (Fsp3) is 0.462. The van der Waals surface area contributed by atoms with E-state index in [1.165, 1.54) is 13.8 Å². The molecular formula is C13H14FNO. The maximum Gasteiger partial charge on any atom is 0.235 e. The van der Waals surface area contributed by atoms with Gasteiger partial charge in [-0.15, -0.1) is 0 Å². The number of aliphatic imine (C=N–C) groups is 1. The van der Waals surface area contributed by atoms with Gasteiger partial charge in [-0.1, -0.05) is 24.3 Å². The SMILES string of the molecule is CC(C)(F)c1ccccc1C1(N=C=O)CC1. The van der Waals surface area contributed by atoms with E-state index >= 15 is 0 Å². The van der Waals surface area contributed by atoms with Crippen LogP contribution in [0.15, 0.2) is 29.3 Å². The third-order valence-corrected chi connectivity index (χ3v) is 3.05. The molecule has 3 heteroatoms. The van der Waals surface area contributed by atoms with Crippen molar-refractivity contribution in [2.45, 2.75) is 37.9 Å². The first-order valence-corrected chi connectivity index (χ1v) is 5.37. The van der Waals surface area contributed by atoms with Gasteiger partial charge in [-0.25, -0.2) is 9.18 Å². The third-order valence-electron chi connectivity index (χ3n) is 3.05. The standard InChI is InChI=1S/C13H14FNO/c1-12(2,14)10-5-3-4-6-11(10)13(7-8-13)15-9-16/h3-6H,7-8H2,1-2H3. The summed E-state index contributed by atoms with van der Waals surface area (Å²) < 4.78 is 14.0. The van der Waals surface area contributed by atoms with Gasteiger partial charge in [0.1, 0.15) is 5.67 Å². The molecule has 0 aliphatic heterocycles. The molecule has 2 nitrogen and oxygen atoms in total. The summed E-state index contributed by atoms with van der Waals surface area (Å²) in [7, 11) is 0. The molecule has 1 aromatic rings. The molecule has 2 rings (SSSR count). The Morgan fingerprint density at radius 1 is 1.38 bits per heavy atom. The van der Waals surface area contributed by atoms with E-state index in [1.54, 1.807) is 18.2 Å². The zero-order valence-electron chi connectivity index (χ0n) is 9.46. The van der Waals surface area contributed by atoms with E-state index in [9.17, 15) is 9.18 Å². The van der Waals surface area contributed by atoms with Crippen LogP contribution in [0.1, 0.15) is 37.8 Å². The van der Waals surface area contributed by atoms with Gasteiger partial charge in [0.15, 0.2) is 0 Å². The third kappa shape index (κ3) is 1.79. The lowest BCUT2D eigenvalue weighted by Gasteiger charge is -2.21. The van der Waals surface area contributed by atoms with Gasteiger partial charge in [0.25, 0.3) is 0 Å². The maximum absolute atomic E-state index is 14.0. The average Bonchev–Trinajstić information content (AvgIpc) is 2.98. The van der Waals surface area contributed by atoms with Crippen LogP contribution in [0.2, 0.25) is 0 Å². The van der Waals surface area contributed by atoms with Crippen LogP contribution in [0.3, 0.4) is 0 Å². The normalized spacial score (nSPS) is 17.7. The molecule has 0 heterocycles. The Bertz CT molecular complexity index is 451. The van der Waals surface area contributed by atoms with Gasteiger partial charge in [-0.2, -0.15) is 4.99 Å². The van der Waals surface area contributed by atoms with Gasteiger partial charge in [0.2, 0.25) is 6.08 Å². The Kier molecular flexibility index (Phi) is 2.43. The van der Waals surface area contributed by atoms with Crippen molar-refractivity contribution in [3.8, 4) is 0 Å². The summed E-state index contributed by atoms with van der Waals surface area (Å²) in [4.78, 5) is 14.2. The summed E-state index contributed by atoms with van der Waals surface area (Å²) in [6.45, 7) is 3.04. The Labute approximate surface area is 94.2 Å². The fourth-order valence-electron chi connectivity index (χ4n) is 2.05. The number of benzene rings is 1. The molecule has 0 atom stereocenters. The van der Waals surface area contributed by atoms with Crippen LogP contribution in [0, 0.1) is 0 Å². The van der Waals surface area contributed by atoms with E-state index in [4.69, 9.17) is 0 Å². The Morgan fingerprint density at radius 3 is 2.50 bits per heavy atom. The van der Waals surface area contributed by atoms with Crippen molar-refractivity contribution >= 4 is 6.08 Å². The van der Waals surface area contributed by atoms with Crippen molar-refractivity contribution in [2.75, 3.05) is 0 Å². The predicted molar refractivity (Wildman–Crippen MR) is 59.6 cm³/mol. The molecule has 1 aliphatic carbocycles. The predicted octanol–water partition coefficient (Wildman–Crippen LogP) is 3.22. The highest BCUT2D eigenvalue weighted by Gasteiger charge is 2.47. The Balaban J connectivity index is 2.54. The van der Waals surface area contributed by atoms with Crippen molar-refractivity contribution in [1.29, 1.82) is 0 Å². The summed E-state index contributed by atoms with van der Waals surface area (Å²) in [5.74, 6) is 0. The number of hydrogen-bond donors (Lipinski definition) is 0. The lowest BCUT2D eigenvalue weighted by Crippen LogP contribution is -2.16. The molecule has 0 amide bonds. The van der Waals surface area contributed by atoms with Gasteiger partial charge >= 0.3 is 0 Å². The molecule has 0 saturated heterocycles. The largest absolute Gasteiger partial charge is 0.239 e. The fourth-order valence-corrected chi connectivity index (χ4v) is 2.05. The molecule has 1 aliphatic rings. The summed E-state index contributed by atoms with van der Waals surface area (Å²) in [5, 5.41) is 0. The molecule has 0 spiro atoms. The van der Waals surface area contributed by atoms with Gasteiger partial charge in [0, 0.05) is 0 Å². The summed E-state index contributed by atoms with van der Waals surface area (Å²) >= 11 is 0. The molecule has 1 saturated carbocycles. The molecule has 1 aromatic carbocycles. The second-order valence-electron chi connectivity index (χ2n) is 4.75. The second kappa shape index (κ2) is 3.53. The monoisotopic (exact) mass is 219 g/mol. The maximum atomic E-state index is 14.0. The van der Waals surface area contributed by atoms with Gasteiger partial charge in [0.05, 0.1) is 5.54 Å². The highest BCUT2D eigenvalue weighted by molar-refractivity contribution is 5.45. The molecular weight excluding hydrogens is 205 g/mol. The molecule has 0 N–H and O–H groups in total. The lowest BCUT2D eigenvalue weighted by atomic mass is 9.90. The van der Waals surface area contributed by atoms with Gasteiger partial charge < -0.3 is 0 Å². The number of isocyanates is 1. The van der Waals surface area contributed by atoms with Crippen molar-refractivity contribution in [3.63, 3.8) is 0 Å². The molecule has 16 heavy (non-hydrogen) atoms. The number of alkyl halides is 1. The number of rotatable bonds is 3.